The van der Waals surface area contributed by atoms with Crippen LogP contribution >= 0.6 is 0 Å². The molecule has 0 unspecified atom stereocenters. The van der Waals surface area contributed by atoms with E-state index in [0.717, 1.165) is 25.7 Å². The van der Waals surface area contributed by atoms with Crippen LogP contribution in [0.3, 0.4) is 0 Å². The Hall–Kier alpha value is -1.84. The second-order valence-electron chi connectivity index (χ2n) is 8.52. The summed E-state index contributed by atoms with van der Waals surface area (Å²) in [5.74, 6) is 1.73. The molecule has 1 aromatic rings. The first-order valence-electron chi connectivity index (χ1n) is 10.7. The van der Waals surface area contributed by atoms with Gasteiger partial charge in [-0.15, -0.1) is 0 Å². The highest BCUT2D eigenvalue weighted by molar-refractivity contribution is 5.80. The average Bonchev–Trinajstić information content (AvgIpc) is 2.70. The van der Waals surface area contributed by atoms with Crippen LogP contribution in [0.25, 0.3) is 0 Å². The lowest BCUT2D eigenvalue weighted by molar-refractivity contribution is -0.136. The van der Waals surface area contributed by atoms with Gasteiger partial charge in [-0.3, -0.25) is 9.59 Å². The number of hydrogen-bond acceptors (Lipinski definition) is 2. The van der Waals surface area contributed by atoms with Crippen LogP contribution in [-0.2, 0) is 16.0 Å². The zero-order chi connectivity index (χ0) is 19.2. The van der Waals surface area contributed by atoms with E-state index in [0.29, 0.717) is 37.4 Å². The van der Waals surface area contributed by atoms with Crippen LogP contribution in [-0.4, -0.2) is 35.8 Å². The van der Waals surface area contributed by atoms with E-state index in [4.69, 9.17) is 0 Å². The molecule has 2 aliphatic rings. The number of aryl methyl sites for hydroxylation is 1. The van der Waals surface area contributed by atoms with Crippen molar-refractivity contribution in [1.29, 1.82) is 0 Å². The van der Waals surface area contributed by atoms with E-state index in [1.54, 1.807) is 0 Å². The summed E-state index contributed by atoms with van der Waals surface area (Å²) >= 11 is 0. The van der Waals surface area contributed by atoms with Crippen molar-refractivity contribution < 1.29 is 9.59 Å². The molecule has 4 nitrogen and oxygen atoms in total. The number of piperidine rings is 1. The molecule has 3 rings (SSSR count). The molecule has 1 saturated carbocycles. The Kier molecular flexibility index (Phi) is 6.92. The molecule has 27 heavy (non-hydrogen) atoms. The largest absolute Gasteiger partial charge is 0.353 e. The molecule has 1 N–H and O–H groups in total. The molecular formula is C23H34N2O2. The van der Waals surface area contributed by atoms with E-state index in [9.17, 15) is 9.59 Å². The van der Waals surface area contributed by atoms with E-state index in [1.165, 1.54) is 18.4 Å². The molecule has 0 radical (unpaired) electrons. The maximum atomic E-state index is 12.7. The molecule has 0 bridgehead atoms. The fourth-order valence-corrected chi connectivity index (χ4v) is 4.53. The van der Waals surface area contributed by atoms with Crippen molar-refractivity contribution in [1.82, 2.24) is 10.2 Å². The number of nitrogens with zero attached hydrogens (tertiary/aromatic N) is 1. The van der Waals surface area contributed by atoms with Crippen LogP contribution in [0, 0.1) is 17.8 Å². The van der Waals surface area contributed by atoms with Gasteiger partial charge in [-0.25, -0.2) is 0 Å². The van der Waals surface area contributed by atoms with Gasteiger partial charge in [0, 0.05) is 31.5 Å². The number of nitrogens with one attached hydrogen (secondary N) is 1. The van der Waals surface area contributed by atoms with Crippen molar-refractivity contribution in [2.45, 2.75) is 64.8 Å². The van der Waals surface area contributed by atoms with Gasteiger partial charge < -0.3 is 10.2 Å². The Morgan fingerprint density at radius 1 is 1.04 bits per heavy atom. The van der Waals surface area contributed by atoms with Crippen LogP contribution < -0.4 is 5.32 Å². The van der Waals surface area contributed by atoms with E-state index < -0.39 is 0 Å². The first-order chi connectivity index (χ1) is 13.0. The molecule has 2 amide bonds. The molecule has 2 fully saturated rings. The van der Waals surface area contributed by atoms with Crippen molar-refractivity contribution in [2.75, 3.05) is 13.1 Å². The molecule has 1 aromatic carbocycles. The third-order valence-corrected chi connectivity index (χ3v) is 6.72. The predicted octanol–water partition coefficient (Wildman–Crippen LogP) is 3.80. The summed E-state index contributed by atoms with van der Waals surface area (Å²) in [5.41, 5.74) is 1.20. The summed E-state index contributed by atoms with van der Waals surface area (Å²) in [7, 11) is 0. The van der Waals surface area contributed by atoms with Gasteiger partial charge in [-0.1, -0.05) is 57.0 Å². The van der Waals surface area contributed by atoms with Gasteiger partial charge in [0.15, 0.2) is 0 Å². The molecule has 0 aromatic heterocycles. The van der Waals surface area contributed by atoms with E-state index in [2.05, 4.69) is 31.3 Å². The van der Waals surface area contributed by atoms with Crippen molar-refractivity contribution in [3.05, 3.63) is 35.9 Å². The van der Waals surface area contributed by atoms with Gasteiger partial charge in [0.1, 0.15) is 0 Å². The lowest BCUT2D eigenvalue weighted by Crippen LogP contribution is -2.48. The predicted molar refractivity (Wildman–Crippen MR) is 108 cm³/mol. The van der Waals surface area contributed by atoms with Gasteiger partial charge in [0.25, 0.3) is 0 Å². The Labute approximate surface area is 163 Å². The summed E-state index contributed by atoms with van der Waals surface area (Å²) < 4.78 is 0. The quantitative estimate of drug-likeness (QED) is 0.857. The molecule has 1 saturated heterocycles. The minimum Gasteiger partial charge on any atom is -0.353 e. The Morgan fingerprint density at radius 2 is 1.74 bits per heavy atom. The molecule has 1 heterocycles. The van der Waals surface area contributed by atoms with Gasteiger partial charge >= 0.3 is 0 Å². The van der Waals surface area contributed by atoms with Crippen molar-refractivity contribution in [3.8, 4) is 0 Å². The summed E-state index contributed by atoms with van der Waals surface area (Å²) in [6.45, 7) is 5.98. The lowest BCUT2D eigenvalue weighted by atomic mass is 9.78. The first-order valence-corrected chi connectivity index (χ1v) is 10.7. The van der Waals surface area contributed by atoms with E-state index in [-0.39, 0.29) is 17.7 Å². The standard InChI is InChI=1S/C23H34N2O2/c1-17-7-6-10-21(18(17)2)24-23(27)20-13-15-25(16-14-20)22(26)12-11-19-8-4-3-5-9-19/h3-5,8-9,17-18,20-21H,6-7,10-16H2,1-2H3,(H,24,27)/t17-,18-,21+/m1/s1. The fourth-order valence-electron chi connectivity index (χ4n) is 4.53. The normalized spacial score (nSPS) is 26.6. The molecule has 1 aliphatic carbocycles. The highest BCUT2D eigenvalue weighted by atomic mass is 16.2. The second kappa shape index (κ2) is 9.38. The molecule has 3 atom stereocenters. The van der Waals surface area contributed by atoms with E-state index >= 15 is 0 Å². The molecular weight excluding hydrogens is 336 g/mol. The van der Waals surface area contributed by atoms with Crippen molar-refractivity contribution >= 4 is 11.8 Å². The zero-order valence-electron chi connectivity index (χ0n) is 16.8. The molecule has 4 heteroatoms. The fraction of sp³-hybridized carbons (Fsp3) is 0.652. The van der Waals surface area contributed by atoms with Crippen LogP contribution in [0.15, 0.2) is 30.3 Å². The van der Waals surface area contributed by atoms with Crippen LogP contribution in [0.2, 0.25) is 0 Å². The van der Waals surface area contributed by atoms with Crippen LogP contribution in [0.5, 0.6) is 0 Å². The number of carbonyl (C=O) groups excluding carboxylic acids is 2. The Morgan fingerprint density at radius 3 is 2.44 bits per heavy atom. The summed E-state index contributed by atoms with van der Waals surface area (Å²) in [5, 5.41) is 3.32. The number of amides is 2. The zero-order valence-corrected chi connectivity index (χ0v) is 16.8. The van der Waals surface area contributed by atoms with Crippen molar-refractivity contribution in [2.24, 2.45) is 17.8 Å². The summed E-state index contributed by atoms with van der Waals surface area (Å²) in [6, 6.07) is 10.5. The maximum Gasteiger partial charge on any atom is 0.223 e. The molecule has 1 aliphatic heterocycles. The number of rotatable bonds is 5. The highest BCUT2D eigenvalue weighted by Gasteiger charge is 2.32. The second-order valence-corrected chi connectivity index (χ2v) is 8.52. The third kappa shape index (κ3) is 5.33. The SMILES string of the molecule is C[C@@H]1[C@H](C)CCC[C@@H]1NC(=O)C1CCN(C(=O)CCc2ccccc2)CC1. The summed E-state index contributed by atoms with van der Waals surface area (Å²) in [4.78, 5) is 27.1. The van der Waals surface area contributed by atoms with Crippen LogP contribution in [0.4, 0.5) is 0 Å². The van der Waals surface area contributed by atoms with Gasteiger partial charge in [-0.2, -0.15) is 0 Å². The number of hydrogen-bond donors (Lipinski definition) is 1. The van der Waals surface area contributed by atoms with Gasteiger partial charge in [0.2, 0.25) is 11.8 Å². The Bertz CT molecular complexity index is 623. The van der Waals surface area contributed by atoms with Crippen LogP contribution in [0.1, 0.15) is 57.9 Å². The molecule has 0 spiro atoms. The molecule has 148 valence electrons. The minimum atomic E-state index is 0.0626. The van der Waals surface area contributed by atoms with Gasteiger partial charge in [-0.05, 0) is 43.1 Å². The minimum absolute atomic E-state index is 0.0626. The van der Waals surface area contributed by atoms with Gasteiger partial charge in [0.05, 0.1) is 0 Å². The number of benzene rings is 1. The average molecular weight is 371 g/mol. The monoisotopic (exact) mass is 370 g/mol. The highest BCUT2D eigenvalue weighted by Crippen LogP contribution is 2.30. The maximum absolute atomic E-state index is 12.7. The number of likely N-dealkylation sites (tertiary alicyclic amines) is 1. The van der Waals surface area contributed by atoms with Crippen molar-refractivity contribution in [3.63, 3.8) is 0 Å². The van der Waals surface area contributed by atoms with E-state index in [1.807, 2.05) is 23.1 Å². The summed E-state index contributed by atoms with van der Waals surface area (Å²) in [6.07, 6.45) is 6.52. The lowest BCUT2D eigenvalue weighted by Gasteiger charge is -2.37. The smallest absolute Gasteiger partial charge is 0.223 e. The number of carbonyl (C=O) groups is 2. The first kappa shape index (κ1) is 19.9. The topological polar surface area (TPSA) is 49.4 Å². The Balaban J connectivity index is 1.41. The third-order valence-electron chi connectivity index (χ3n) is 6.72.